The lowest BCUT2D eigenvalue weighted by molar-refractivity contribution is 0.355. The molecule has 3 heterocycles. The summed E-state index contributed by atoms with van der Waals surface area (Å²) in [6, 6.07) is 5.66. The van der Waals surface area contributed by atoms with Crippen molar-refractivity contribution >= 4 is 33.3 Å². The molecule has 0 spiro atoms. The molecule has 0 radical (unpaired) electrons. The summed E-state index contributed by atoms with van der Waals surface area (Å²) in [5.74, 6) is 1.75. The second-order valence-electron chi connectivity index (χ2n) is 7.56. The van der Waals surface area contributed by atoms with Crippen molar-refractivity contribution < 1.29 is 17.9 Å². The quantitative estimate of drug-likeness (QED) is 0.550. The van der Waals surface area contributed by atoms with Crippen molar-refractivity contribution in [1.29, 1.82) is 0 Å². The van der Waals surface area contributed by atoms with Crippen LogP contribution in [-0.2, 0) is 9.84 Å². The third-order valence-electron chi connectivity index (χ3n) is 5.53. The molecule has 0 amide bonds. The van der Waals surface area contributed by atoms with Crippen molar-refractivity contribution in [3.8, 4) is 22.8 Å². The Morgan fingerprint density at radius 1 is 1.16 bits per heavy atom. The first-order valence-electron chi connectivity index (χ1n) is 9.93. The van der Waals surface area contributed by atoms with Crippen LogP contribution in [0.25, 0.3) is 23.4 Å². The number of ether oxygens (including phenoxy) is 2. The highest BCUT2D eigenvalue weighted by Crippen LogP contribution is 2.33. The van der Waals surface area contributed by atoms with Gasteiger partial charge in [0, 0.05) is 22.2 Å². The lowest BCUT2D eigenvalue weighted by atomic mass is 10.1. The molecule has 0 N–H and O–H groups in total. The summed E-state index contributed by atoms with van der Waals surface area (Å²) in [5, 5.41) is 7.50. The summed E-state index contributed by atoms with van der Waals surface area (Å²) in [5.41, 5.74) is 4.69. The SMILES string of the molecule is COc1ccc(-c2csc(/C=C/c3c(C)nn(C4CCS(=O)(=O)C4)c3C)n2)cc1OC. The van der Waals surface area contributed by atoms with Crippen LogP contribution in [-0.4, -0.2) is 48.9 Å². The van der Waals surface area contributed by atoms with Gasteiger partial charge in [0.05, 0.1) is 43.2 Å². The molecule has 31 heavy (non-hydrogen) atoms. The van der Waals surface area contributed by atoms with Gasteiger partial charge in [-0.1, -0.05) is 0 Å². The number of thiazole rings is 1. The van der Waals surface area contributed by atoms with E-state index in [1.165, 1.54) is 0 Å². The third kappa shape index (κ3) is 4.38. The molecule has 1 atom stereocenters. The second-order valence-corrected chi connectivity index (χ2v) is 10.7. The van der Waals surface area contributed by atoms with E-state index in [0.717, 1.165) is 33.2 Å². The fraction of sp³-hybridized carbons (Fsp3) is 0.364. The van der Waals surface area contributed by atoms with E-state index in [2.05, 4.69) is 5.10 Å². The summed E-state index contributed by atoms with van der Waals surface area (Å²) in [6.07, 6.45) is 4.60. The number of aromatic nitrogens is 3. The van der Waals surface area contributed by atoms with Gasteiger partial charge in [-0.2, -0.15) is 5.10 Å². The summed E-state index contributed by atoms with van der Waals surface area (Å²) >= 11 is 1.55. The zero-order valence-corrected chi connectivity index (χ0v) is 19.6. The number of rotatable bonds is 6. The van der Waals surface area contributed by atoms with Gasteiger partial charge in [0.15, 0.2) is 21.3 Å². The van der Waals surface area contributed by atoms with Crippen molar-refractivity contribution in [2.24, 2.45) is 0 Å². The van der Waals surface area contributed by atoms with Crippen LogP contribution in [0.15, 0.2) is 23.6 Å². The highest BCUT2D eigenvalue weighted by Gasteiger charge is 2.31. The predicted molar refractivity (Wildman–Crippen MR) is 124 cm³/mol. The molecule has 1 saturated heterocycles. The predicted octanol–water partition coefficient (Wildman–Crippen LogP) is 4.17. The fourth-order valence-electron chi connectivity index (χ4n) is 3.89. The Hall–Kier alpha value is -2.65. The topological polar surface area (TPSA) is 83.3 Å². The van der Waals surface area contributed by atoms with E-state index in [0.29, 0.717) is 17.9 Å². The highest BCUT2D eigenvalue weighted by molar-refractivity contribution is 7.91. The molecule has 1 unspecified atom stereocenters. The van der Waals surface area contributed by atoms with E-state index in [4.69, 9.17) is 14.5 Å². The third-order valence-corrected chi connectivity index (χ3v) is 8.09. The first-order chi connectivity index (χ1) is 14.8. The number of hydrogen-bond acceptors (Lipinski definition) is 7. The molecule has 7 nitrogen and oxygen atoms in total. The molecule has 164 valence electrons. The average Bonchev–Trinajstić information content (AvgIpc) is 3.44. The Balaban J connectivity index is 1.56. The Labute approximate surface area is 186 Å². The van der Waals surface area contributed by atoms with Crippen molar-refractivity contribution in [3.05, 3.63) is 45.5 Å². The van der Waals surface area contributed by atoms with Crippen LogP contribution in [0.3, 0.4) is 0 Å². The maximum absolute atomic E-state index is 11.8. The van der Waals surface area contributed by atoms with Crippen LogP contribution in [0, 0.1) is 13.8 Å². The summed E-state index contributed by atoms with van der Waals surface area (Å²) < 4.78 is 36.2. The first-order valence-corrected chi connectivity index (χ1v) is 12.6. The summed E-state index contributed by atoms with van der Waals surface area (Å²) in [4.78, 5) is 4.72. The molecule has 1 aliphatic heterocycles. The molecule has 0 bridgehead atoms. The number of nitrogens with zero attached hydrogens (tertiary/aromatic N) is 3. The lowest BCUT2D eigenvalue weighted by Gasteiger charge is -2.10. The Bertz CT molecular complexity index is 1240. The molecule has 9 heteroatoms. The Kier molecular flexibility index (Phi) is 5.90. The Morgan fingerprint density at radius 3 is 2.61 bits per heavy atom. The monoisotopic (exact) mass is 459 g/mol. The molecule has 2 aromatic heterocycles. The van der Waals surface area contributed by atoms with E-state index >= 15 is 0 Å². The van der Waals surface area contributed by atoms with E-state index in [1.54, 1.807) is 25.6 Å². The zero-order chi connectivity index (χ0) is 22.2. The van der Waals surface area contributed by atoms with Gasteiger partial charge < -0.3 is 9.47 Å². The van der Waals surface area contributed by atoms with Crippen molar-refractivity contribution in [3.63, 3.8) is 0 Å². The Morgan fingerprint density at radius 2 is 1.94 bits per heavy atom. The molecule has 1 aliphatic rings. The van der Waals surface area contributed by atoms with Crippen LogP contribution in [0.2, 0.25) is 0 Å². The van der Waals surface area contributed by atoms with E-state index in [-0.39, 0.29) is 17.5 Å². The van der Waals surface area contributed by atoms with Crippen LogP contribution >= 0.6 is 11.3 Å². The lowest BCUT2D eigenvalue weighted by Crippen LogP contribution is -2.13. The molecule has 1 fully saturated rings. The fourth-order valence-corrected chi connectivity index (χ4v) is 6.30. The van der Waals surface area contributed by atoms with E-state index in [9.17, 15) is 8.42 Å². The summed E-state index contributed by atoms with van der Waals surface area (Å²) in [7, 11) is 0.269. The number of aryl methyl sites for hydroxylation is 1. The van der Waals surface area contributed by atoms with Gasteiger partial charge in [0.2, 0.25) is 0 Å². The van der Waals surface area contributed by atoms with Crippen LogP contribution in [0.5, 0.6) is 11.5 Å². The van der Waals surface area contributed by atoms with Crippen molar-refractivity contribution in [1.82, 2.24) is 14.8 Å². The smallest absolute Gasteiger partial charge is 0.161 e. The van der Waals surface area contributed by atoms with Gasteiger partial charge in [0.1, 0.15) is 5.01 Å². The van der Waals surface area contributed by atoms with Gasteiger partial charge in [-0.25, -0.2) is 13.4 Å². The maximum Gasteiger partial charge on any atom is 0.161 e. The molecule has 0 aliphatic carbocycles. The minimum absolute atomic E-state index is 0.0811. The van der Waals surface area contributed by atoms with Gasteiger partial charge in [-0.3, -0.25) is 4.68 Å². The maximum atomic E-state index is 11.8. The average molecular weight is 460 g/mol. The minimum atomic E-state index is -2.96. The number of methoxy groups -OCH3 is 2. The molecule has 4 rings (SSSR count). The van der Waals surface area contributed by atoms with Gasteiger partial charge in [-0.15, -0.1) is 11.3 Å². The number of benzene rings is 1. The molecule has 1 aromatic carbocycles. The standard InChI is InChI=1S/C22H25N3O4S2/c1-14-18(15(2)25(24-14)17-9-10-31(26,27)13-17)6-8-22-23-19(12-30-22)16-5-7-20(28-3)21(11-16)29-4/h5-8,11-12,17H,9-10,13H2,1-4H3/b8-6+. The molecular formula is C22H25N3O4S2. The molecule has 3 aromatic rings. The second kappa shape index (κ2) is 8.47. The largest absolute Gasteiger partial charge is 0.493 e. The number of hydrogen-bond donors (Lipinski definition) is 0. The van der Waals surface area contributed by atoms with Crippen molar-refractivity contribution in [2.45, 2.75) is 26.3 Å². The summed E-state index contributed by atoms with van der Waals surface area (Å²) in [6.45, 7) is 3.94. The van der Waals surface area contributed by atoms with E-state index < -0.39 is 9.84 Å². The van der Waals surface area contributed by atoms with Crippen LogP contribution < -0.4 is 9.47 Å². The van der Waals surface area contributed by atoms with Gasteiger partial charge >= 0.3 is 0 Å². The highest BCUT2D eigenvalue weighted by atomic mass is 32.2. The normalized spacial score (nSPS) is 18.0. The minimum Gasteiger partial charge on any atom is -0.493 e. The van der Waals surface area contributed by atoms with Gasteiger partial charge in [-0.05, 0) is 50.6 Å². The van der Waals surface area contributed by atoms with Crippen molar-refractivity contribution in [2.75, 3.05) is 25.7 Å². The molecular weight excluding hydrogens is 434 g/mol. The molecule has 0 saturated carbocycles. The van der Waals surface area contributed by atoms with E-state index in [1.807, 2.05) is 54.3 Å². The van der Waals surface area contributed by atoms with Gasteiger partial charge in [0.25, 0.3) is 0 Å². The first kappa shape index (κ1) is 21.6. The van der Waals surface area contributed by atoms with Crippen LogP contribution in [0.4, 0.5) is 0 Å². The van der Waals surface area contributed by atoms with Crippen LogP contribution in [0.1, 0.15) is 34.4 Å². The zero-order valence-electron chi connectivity index (χ0n) is 18.0. The number of sulfone groups is 1.